The summed E-state index contributed by atoms with van der Waals surface area (Å²) in [6.45, 7) is 0.663. The number of primary amides is 1. The van der Waals surface area contributed by atoms with Gasteiger partial charge in [-0.05, 0) is 55.5 Å². The number of pyridine rings is 2. The Morgan fingerprint density at radius 2 is 2.13 bits per heavy atom. The van der Waals surface area contributed by atoms with Crippen LogP contribution in [0.2, 0.25) is 5.15 Å². The maximum atomic E-state index is 11.3. The first-order chi connectivity index (χ1) is 15.0. The molecule has 0 atom stereocenters. The molecule has 0 aromatic carbocycles. The van der Waals surface area contributed by atoms with Crippen LogP contribution in [0.1, 0.15) is 25.7 Å². The van der Waals surface area contributed by atoms with Gasteiger partial charge < -0.3 is 21.1 Å². The summed E-state index contributed by atoms with van der Waals surface area (Å²) in [6, 6.07) is 8.33. The molecule has 0 spiro atoms. The molecule has 1 aliphatic carbocycles. The van der Waals surface area contributed by atoms with Crippen LogP contribution in [0.25, 0.3) is 22.2 Å². The topological polar surface area (TPSA) is 120 Å². The minimum atomic E-state index is -0.364. The Hall–Kier alpha value is -2.68. The molecular formula is C22H27ClN6O2. The van der Waals surface area contributed by atoms with Crippen LogP contribution in [0.5, 0.6) is 0 Å². The normalized spacial score (nSPS) is 19.1. The molecule has 1 fully saturated rings. The summed E-state index contributed by atoms with van der Waals surface area (Å²) < 4.78 is 0. The Kier molecular flexibility index (Phi) is 6.70. The number of carbonyl (C=O) groups excluding carboxylic acids is 1. The Bertz CT molecular complexity index is 1050. The molecule has 0 unspecified atom stereocenters. The van der Waals surface area contributed by atoms with Gasteiger partial charge in [0.2, 0.25) is 5.91 Å². The third-order valence-electron chi connectivity index (χ3n) is 5.87. The molecule has 3 aromatic heterocycles. The summed E-state index contributed by atoms with van der Waals surface area (Å²) in [5, 5.41) is 14.3. The quantitative estimate of drug-likeness (QED) is 0.398. The van der Waals surface area contributed by atoms with E-state index >= 15 is 0 Å². The molecule has 1 aliphatic rings. The van der Waals surface area contributed by atoms with Crippen molar-refractivity contribution in [3.63, 3.8) is 0 Å². The van der Waals surface area contributed by atoms with E-state index in [9.17, 15) is 9.90 Å². The Labute approximate surface area is 185 Å². The number of anilines is 1. The van der Waals surface area contributed by atoms with Gasteiger partial charge in [0.15, 0.2) is 0 Å². The van der Waals surface area contributed by atoms with Gasteiger partial charge in [0.25, 0.3) is 0 Å². The minimum absolute atomic E-state index is 0.0179. The first kappa shape index (κ1) is 21.5. The SMILES string of the molecule is NC(=O)CN(CCO)[C@H]1CC[C@H](Nc2cc(-c3c[nH]c4ncccc34)cc(Cl)n2)CC1. The van der Waals surface area contributed by atoms with E-state index in [-0.39, 0.29) is 31.1 Å². The number of halogens is 1. The highest BCUT2D eigenvalue weighted by molar-refractivity contribution is 6.29. The Morgan fingerprint density at radius 3 is 2.87 bits per heavy atom. The summed E-state index contributed by atoms with van der Waals surface area (Å²) >= 11 is 6.33. The van der Waals surface area contributed by atoms with E-state index in [2.05, 4.69) is 20.3 Å². The Balaban J connectivity index is 1.44. The van der Waals surface area contributed by atoms with Crippen LogP contribution < -0.4 is 11.1 Å². The fourth-order valence-electron chi connectivity index (χ4n) is 4.43. The smallest absolute Gasteiger partial charge is 0.231 e. The van der Waals surface area contributed by atoms with Crippen molar-refractivity contribution in [2.24, 2.45) is 5.73 Å². The van der Waals surface area contributed by atoms with E-state index in [4.69, 9.17) is 17.3 Å². The zero-order chi connectivity index (χ0) is 21.8. The van der Waals surface area contributed by atoms with Crippen LogP contribution in [0.4, 0.5) is 5.82 Å². The van der Waals surface area contributed by atoms with E-state index < -0.39 is 0 Å². The second-order valence-corrected chi connectivity index (χ2v) is 8.36. The van der Waals surface area contributed by atoms with Gasteiger partial charge in [-0.15, -0.1) is 0 Å². The monoisotopic (exact) mass is 442 g/mol. The highest BCUT2D eigenvalue weighted by Gasteiger charge is 2.26. The summed E-state index contributed by atoms with van der Waals surface area (Å²) in [5.74, 6) is 0.380. The second-order valence-electron chi connectivity index (χ2n) is 7.98. The van der Waals surface area contributed by atoms with Gasteiger partial charge in [-0.25, -0.2) is 9.97 Å². The fourth-order valence-corrected chi connectivity index (χ4v) is 4.64. The number of nitrogens with zero attached hydrogens (tertiary/aromatic N) is 3. The predicted octanol–water partition coefficient (Wildman–Crippen LogP) is 2.78. The predicted molar refractivity (Wildman–Crippen MR) is 122 cm³/mol. The number of rotatable bonds is 8. The number of hydrogen-bond donors (Lipinski definition) is 4. The van der Waals surface area contributed by atoms with E-state index in [0.29, 0.717) is 11.7 Å². The maximum Gasteiger partial charge on any atom is 0.231 e. The van der Waals surface area contributed by atoms with Gasteiger partial charge in [-0.1, -0.05) is 11.6 Å². The average molecular weight is 443 g/mol. The number of aliphatic hydroxyl groups is 1. The van der Waals surface area contributed by atoms with Crippen molar-refractivity contribution >= 4 is 34.4 Å². The van der Waals surface area contributed by atoms with Crippen molar-refractivity contribution in [2.75, 3.05) is 25.0 Å². The molecule has 8 nitrogen and oxygen atoms in total. The number of aromatic amines is 1. The van der Waals surface area contributed by atoms with Crippen molar-refractivity contribution in [3.05, 3.63) is 41.8 Å². The number of carbonyl (C=O) groups is 1. The summed E-state index contributed by atoms with van der Waals surface area (Å²) in [7, 11) is 0. The van der Waals surface area contributed by atoms with Crippen molar-refractivity contribution < 1.29 is 9.90 Å². The molecule has 4 rings (SSSR count). The number of hydrogen-bond acceptors (Lipinski definition) is 6. The first-order valence-electron chi connectivity index (χ1n) is 10.5. The van der Waals surface area contributed by atoms with E-state index in [1.165, 1.54) is 0 Å². The van der Waals surface area contributed by atoms with Gasteiger partial charge in [0.1, 0.15) is 16.6 Å². The highest BCUT2D eigenvalue weighted by Crippen LogP contribution is 2.32. The molecular weight excluding hydrogens is 416 g/mol. The van der Waals surface area contributed by atoms with Crippen molar-refractivity contribution in [1.82, 2.24) is 19.9 Å². The lowest BCUT2D eigenvalue weighted by Crippen LogP contribution is -2.45. The van der Waals surface area contributed by atoms with Crippen LogP contribution in [0.3, 0.4) is 0 Å². The summed E-state index contributed by atoms with van der Waals surface area (Å²) in [4.78, 5) is 25.3. The molecule has 31 heavy (non-hydrogen) atoms. The lowest BCUT2D eigenvalue weighted by atomic mass is 9.90. The molecule has 0 aliphatic heterocycles. The number of aromatic nitrogens is 3. The minimum Gasteiger partial charge on any atom is -0.395 e. The molecule has 0 bridgehead atoms. The number of fused-ring (bicyclic) bond motifs is 1. The Morgan fingerprint density at radius 1 is 1.32 bits per heavy atom. The third-order valence-corrected chi connectivity index (χ3v) is 6.06. The highest BCUT2D eigenvalue weighted by atomic mass is 35.5. The van der Waals surface area contributed by atoms with Crippen LogP contribution in [-0.2, 0) is 4.79 Å². The van der Waals surface area contributed by atoms with Crippen LogP contribution in [0, 0.1) is 0 Å². The van der Waals surface area contributed by atoms with E-state index in [1.54, 1.807) is 6.20 Å². The van der Waals surface area contributed by atoms with Crippen LogP contribution >= 0.6 is 11.6 Å². The number of nitrogens with two attached hydrogens (primary N) is 1. The average Bonchev–Trinajstić information content (AvgIpc) is 3.18. The van der Waals surface area contributed by atoms with Crippen molar-refractivity contribution in [2.45, 2.75) is 37.8 Å². The molecule has 3 aromatic rings. The zero-order valence-corrected chi connectivity index (χ0v) is 18.0. The zero-order valence-electron chi connectivity index (χ0n) is 17.2. The lowest BCUT2D eigenvalue weighted by Gasteiger charge is -2.36. The maximum absolute atomic E-state index is 11.3. The van der Waals surface area contributed by atoms with Gasteiger partial charge in [-0.2, -0.15) is 0 Å². The number of aliphatic hydroxyl groups excluding tert-OH is 1. The number of amides is 1. The van der Waals surface area contributed by atoms with Crippen molar-refractivity contribution in [1.29, 1.82) is 0 Å². The molecule has 9 heteroatoms. The molecule has 0 radical (unpaired) electrons. The number of nitrogens with one attached hydrogen (secondary N) is 2. The second kappa shape index (κ2) is 9.64. The standard InChI is InChI=1S/C22H27ClN6O2/c23-19-10-14(18-12-26-22-17(18)2-1-7-25-22)11-21(28-19)27-15-3-5-16(6-4-15)29(8-9-30)13-20(24)31/h1-2,7,10-12,15-16,30H,3-6,8-9,13H2,(H2,24,31)(H,25,26)(H,27,28)/t15-,16-. The summed E-state index contributed by atoms with van der Waals surface area (Å²) in [6.07, 6.45) is 7.42. The van der Waals surface area contributed by atoms with Crippen LogP contribution in [0.15, 0.2) is 36.7 Å². The molecule has 0 saturated heterocycles. The van der Waals surface area contributed by atoms with Crippen molar-refractivity contribution in [3.8, 4) is 11.1 Å². The molecule has 1 saturated carbocycles. The molecule has 1 amide bonds. The van der Waals surface area contributed by atoms with E-state index in [0.717, 1.165) is 53.7 Å². The fraction of sp³-hybridized carbons (Fsp3) is 0.409. The van der Waals surface area contributed by atoms with Gasteiger partial charge in [-0.3, -0.25) is 9.69 Å². The largest absolute Gasteiger partial charge is 0.395 e. The van der Waals surface area contributed by atoms with Gasteiger partial charge in [0, 0.05) is 42.0 Å². The lowest BCUT2D eigenvalue weighted by molar-refractivity contribution is -0.120. The summed E-state index contributed by atoms with van der Waals surface area (Å²) in [5.41, 5.74) is 8.21. The molecule has 164 valence electrons. The third kappa shape index (κ3) is 5.15. The first-order valence-corrected chi connectivity index (χ1v) is 10.9. The molecule has 3 heterocycles. The number of H-pyrrole nitrogens is 1. The van der Waals surface area contributed by atoms with Crippen LogP contribution in [-0.4, -0.2) is 62.6 Å². The molecule has 5 N–H and O–H groups in total. The van der Waals surface area contributed by atoms with Gasteiger partial charge >= 0.3 is 0 Å². The van der Waals surface area contributed by atoms with E-state index in [1.807, 2.05) is 35.4 Å². The van der Waals surface area contributed by atoms with Gasteiger partial charge in [0.05, 0.1) is 13.2 Å².